The number of fused-ring (bicyclic) bond motifs is 3. The van der Waals surface area contributed by atoms with Gasteiger partial charge in [-0.3, -0.25) is 0 Å². The molecule has 1 atom stereocenters. The number of H-pyrrole nitrogens is 1. The molecule has 4 N–H and O–H groups in total. The predicted octanol–water partition coefficient (Wildman–Crippen LogP) is 2.38. The molecule has 4 heteroatoms. The highest BCUT2D eigenvalue weighted by atomic mass is 14.9. The second-order valence-electron chi connectivity index (χ2n) is 5.23. The van der Waals surface area contributed by atoms with Crippen LogP contribution in [-0.4, -0.2) is 23.1 Å². The molecule has 0 aliphatic carbocycles. The first kappa shape index (κ1) is 10.8. The number of hydrogen-bond donors (Lipinski definition) is 3. The zero-order chi connectivity index (χ0) is 12.8. The molecule has 0 bridgehead atoms. The molecule has 2 aromatic heterocycles. The predicted molar refractivity (Wildman–Crippen MR) is 78.2 cm³/mol. The Morgan fingerprint density at radius 3 is 3.00 bits per heavy atom. The number of nitrogens with one attached hydrogen (secondary N) is 2. The van der Waals surface area contributed by atoms with Gasteiger partial charge >= 0.3 is 0 Å². The van der Waals surface area contributed by atoms with Crippen molar-refractivity contribution in [3.8, 4) is 0 Å². The minimum Gasteiger partial charge on any atom is -0.383 e. The number of nitrogen functional groups attached to an aromatic ring is 1. The standard InChI is InChI=1S/C15H16N4/c16-15-11-4-6-18-14(11)12-7-9(1-2-13(12)19-15)10-3-5-17-8-10/h1-2,4,6-7,10,17-18H,3,5,8H2,(H2,16,19). The summed E-state index contributed by atoms with van der Waals surface area (Å²) in [4.78, 5) is 7.77. The van der Waals surface area contributed by atoms with Crippen LogP contribution in [0.2, 0.25) is 0 Å². The van der Waals surface area contributed by atoms with E-state index in [0.717, 1.165) is 29.5 Å². The van der Waals surface area contributed by atoms with E-state index in [1.165, 1.54) is 17.4 Å². The van der Waals surface area contributed by atoms with E-state index in [4.69, 9.17) is 5.73 Å². The number of benzene rings is 1. The first-order valence-electron chi connectivity index (χ1n) is 6.70. The number of pyridine rings is 1. The van der Waals surface area contributed by atoms with Gasteiger partial charge in [0.1, 0.15) is 5.82 Å². The van der Waals surface area contributed by atoms with Crippen molar-refractivity contribution in [2.24, 2.45) is 0 Å². The van der Waals surface area contributed by atoms with Crippen molar-refractivity contribution >= 4 is 27.6 Å². The van der Waals surface area contributed by atoms with Gasteiger partial charge in [0, 0.05) is 23.5 Å². The van der Waals surface area contributed by atoms with Crippen LogP contribution in [0.1, 0.15) is 17.9 Å². The normalized spacial score (nSPS) is 19.5. The molecule has 1 aromatic carbocycles. The van der Waals surface area contributed by atoms with Crippen LogP contribution in [0.25, 0.3) is 21.8 Å². The lowest BCUT2D eigenvalue weighted by Crippen LogP contribution is -2.07. The maximum Gasteiger partial charge on any atom is 0.133 e. The highest BCUT2D eigenvalue weighted by molar-refractivity contribution is 6.07. The average molecular weight is 252 g/mol. The van der Waals surface area contributed by atoms with Crippen molar-refractivity contribution in [3.05, 3.63) is 36.0 Å². The third-order valence-electron chi connectivity index (χ3n) is 4.09. The van der Waals surface area contributed by atoms with Crippen molar-refractivity contribution in [2.45, 2.75) is 12.3 Å². The maximum atomic E-state index is 5.99. The number of nitrogens with zero attached hydrogens (tertiary/aromatic N) is 1. The average Bonchev–Trinajstić information content (AvgIpc) is 3.10. The molecule has 1 saturated heterocycles. The fraction of sp³-hybridized carbons (Fsp3) is 0.267. The lowest BCUT2D eigenvalue weighted by molar-refractivity contribution is 0.764. The van der Waals surface area contributed by atoms with Crippen LogP contribution in [0.15, 0.2) is 30.5 Å². The monoisotopic (exact) mass is 252 g/mol. The van der Waals surface area contributed by atoms with Gasteiger partial charge in [-0.05, 0) is 42.6 Å². The van der Waals surface area contributed by atoms with E-state index in [0.29, 0.717) is 11.7 Å². The minimum absolute atomic E-state index is 0.596. The van der Waals surface area contributed by atoms with E-state index < -0.39 is 0 Å². The summed E-state index contributed by atoms with van der Waals surface area (Å²) >= 11 is 0. The van der Waals surface area contributed by atoms with Crippen LogP contribution in [0.5, 0.6) is 0 Å². The van der Waals surface area contributed by atoms with Crippen molar-refractivity contribution in [2.75, 3.05) is 18.8 Å². The number of aromatic amines is 1. The molecule has 1 fully saturated rings. The fourth-order valence-electron chi connectivity index (χ4n) is 3.04. The second-order valence-corrected chi connectivity index (χ2v) is 5.23. The molecule has 4 nitrogen and oxygen atoms in total. The first-order chi connectivity index (χ1) is 9.33. The first-order valence-corrected chi connectivity index (χ1v) is 6.70. The van der Waals surface area contributed by atoms with Gasteiger partial charge in [-0.15, -0.1) is 0 Å². The van der Waals surface area contributed by atoms with Crippen molar-refractivity contribution in [1.82, 2.24) is 15.3 Å². The summed E-state index contributed by atoms with van der Waals surface area (Å²) in [6, 6.07) is 8.51. The number of anilines is 1. The Morgan fingerprint density at radius 2 is 2.16 bits per heavy atom. The van der Waals surface area contributed by atoms with Crippen LogP contribution < -0.4 is 11.1 Å². The lowest BCUT2D eigenvalue weighted by atomic mass is 9.96. The Kier molecular flexibility index (Phi) is 2.26. The van der Waals surface area contributed by atoms with Gasteiger partial charge < -0.3 is 16.0 Å². The van der Waals surface area contributed by atoms with Gasteiger partial charge in [-0.25, -0.2) is 4.98 Å². The quantitative estimate of drug-likeness (QED) is 0.623. The SMILES string of the molecule is Nc1nc2ccc(C3CCNC3)cc2c2[nH]ccc12. The summed E-state index contributed by atoms with van der Waals surface area (Å²) in [6.07, 6.45) is 3.13. The van der Waals surface area contributed by atoms with Gasteiger partial charge in [0.25, 0.3) is 0 Å². The molecular formula is C15H16N4. The summed E-state index contributed by atoms with van der Waals surface area (Å²) in [6.45, 7) is 2.18. The highest BCUT2D eigenvalue weighted by Crippen LogP contribution is 2.30. The van der Waals surface area contributed by atoms with Crippen LogP contribution in [0.4, 0.5) is 5.82 Å². The number of hydrogen-bond acceptors (Lipinski definition) is 3. The largest absolute Gasteiger partial charge is 0.383 e. The van der Waals surface area contributed by atoms with Gasteiger partial charge in [-0.2, -0.15) is 0 Å². The summed E-state index contributed by atoms with van der Waals surface area (Å²) in [5, 5.41) is 5.59. The molecule has 0 radical (unpaired) electrons. The Morgan fingerprint density at radius 1 is 1.21 bits per heavy atom. The molecule has 0 saturated carbocycles. The Balaban J connectivity index is 1.98. The Labute approximate surface area is 111 Å². The molecule has 3 aromatic rings. The highest BCUT2D eigenvalue weighted by Gasteiger charge is 2.17. The molecular weight excluding hydrogens is 236 g/mol. The Bertz CT molecular complexity index is 753. The third-order valence-corrected chi connectivity index (χ3v) is 4.09. The third kappa shape index (κ3) is 1.60. The van der Waals surface area contributed by atoms with Crippen molar-refractivity contribution in [3.63, 3.8) is 0 Å². The van der Waals surface area contributed by atoms with E-state index in [-0.39, 0.29) is 0 Å². The topological polar surface area (TPSA) is 66.7 Å². The molecule has 0 spiro atoms. The summed E-state index contributed by atoms with van der Waals surface area (Å²) in [5.41, 5.74) is 9.43. The van der Waals surface area contributed by atoms with Crippen molar-refractivity contribution in [1.29, 1.82) is 0 Å². The Hall–Kier alpha value is -2.07. The summed E-state index contributed by atoms with van der Waals surface area (Å²) < 4.78 is 0. The van der Waals surface area contributed by atoms with E-state index in [9.17, 15) is 0 Å². The molecule has 96 valence electrons. The zero-order valence-corrected chi connectivity index (χ0v) is 10.6. The zero-order valence-electron chi connectivity index (χ0n) is 10.6. The second kappa shape index (κ2) is 3.96. The van der Waals surface area contributed by atoms with Crippen LogP contribution in [0.3, 0.4) is 0 Å². The van der Waals surface area contributed by atoms with E-state index in [1.54, 1.807) is 0 Å². The molecule has 1 aliphatic rings. The van der Waals surface area contributed by atoms with Gasteiger partial charge in [-0.1, -0.05) is 6.07 Å². The smallest absolute Gasteiger partial charge is 0.133 e. The fourth-order valence-corrected chi connectivity index (χ4v) is 3.04. The molecule has 1 unspecified atom stereocenters. The molecule has 1 aliphatic heterocycles. The van der Waals surface area contributed by atoms with Gasteiger partial charge in [0.2, 0.25) is 0 Å². The number of nitrogens with two attached hydrogens (primary N) is 1. The maximum absolute atomic E-state index is 5.99. The summed E-state index contributed by atoms with van der Waals surface area (Å²) in [7, 11) is 0. The number of rotatable bonds is 1. The van der Waals surface area contributed by atoms with Gasteiger partial charge in [0.15, 0.2) is 0 Å². The summed E-state index contributed by atoms with van der Waals surface area (Å²) in [5.74, 6) is 1.21. The molecule has 3 heterocycles. The van der Waals surface area contributed by atoms with Crippen LogP contribution in [0, 0.1) is 0 Å². The molecule has 4 rings (SSSR count). The minimum atomic E-state index is 0.596. The lowest BCUT2D eigenvalue weighted by Gasteiger charge is -2.10. The van der Waals surface area contributed by atoms with Gasteiger partial charge in [0.05, 0.1) is 11.0 Å². The molecule has 0 amide bonds. The van der Waals surface area contributed by atoms with E-state index in [2.05, 4.69) is 33.5 Å². The van der Waals surface area contributed by atoms with E-state index >= 15 is 0 Å². The van der Waals surface area contributed by atoms with Crippen LogP contribution >= 0.6 is 0 Å². The number of aromatic nitrogens is 2. The van der Waals surface area contributed by atoms with Crippen molar-refractivity contribution < 1.29 is 0 Å². The van der Waals surface area contributed by atoms with Crippen LogP contribution in [-0.2, 0) is 0 Å². The molecule has 19 heavy (non-hydrogen) atoms. The van der Waals surface area contributed by atoms with E-state index in [1.807, 2.05) is 12.3 Å².